The molecule has 0 bridgehead atoms. The Hall–Kier alpha value is 0.430. The van der Waals surface area contributed by atoms with Crippen molar-refractivity contribution in [3.05, 3.63) is 0 Å². The average Bonchev–Trinajstić information content (AvgIpc) is 2.60. The highest BCUT2D eigenvalue weighted by molar-refractivity contribution is 7.16. The maximum Gasteiger partial charge on any atom is -0.0381 e. The summed E-state index contributed by atoms with van der Waals surface area (Å²) in [7, 11) is 2.84. The molecule has 24 heavy (non-hydrogen) atoms. The predicted molar refractivity (Wildman–Crippen MR) is 117 cm³/mol. The quantitative estimate of drug-likeness (QED) is 0.142. The van der Waals surface area contributed by atoms with E-state index in [2.05, 4.69) is 16.2 Å². The second-order valence-electron chi connectivity index (χ2n) is 7.86. The minimum absolute atomic E-state index is 1.29. The Morgan fingerprint density at radius 1 is 0.333 bits per heavy atom. The topological polar surface area (TPSA) is 0 Å². The van der Waals surface area contributed by atoms with Crippen LogP contribution in [-0.2, 0) is 0 Å². The van der Waals surface area contributed by atoms with Gasteiger partial charge in [0.15, 0.2) is 0 Å². The summed E-state index contributed by atoms with van der Waals surface area (Å²) in [6.45, 7) is 2.30. The molecule has 0 aliphatic heterocycles. The number of hydrogen-bond acceptors (Lipinski definition) is 0. The zero-order valence-corrected chi connectivity index (χ0v) is 18.3. The van der Waals surface area contributed by atoms with E-state index >= 15 is 0 Å². The minimum Gasteiger partial charge on any atom is -0.138 e. The monoisotopic (exact) mass is 356 g/mol. The normalized spacial score (nSPS) is 11.2. The maximum atomic E-state index is 2.84. The van der Waals surface area contributed by atoms with E-state index in [1.54, 1.807) is 0 Å². The largest absolute Gasteiger partial charge is 0.138 e. The molecule has 0 spiro atoms. The lowest BCUT2D eigenvalue weighted by Gasteiger charge is -2.04. The summed E-state index contributed by atoms with van der Waals surface area (Å²) in [6, 6.07) is 0. The van der Waals surface area contributed by atoms with E-state index in [1.807, 2.05) is 0 Å². The Labute approximate surface area is 157 Å². The first kappa shape index (κ1) is 24.4. The van der Waals surface area contributed by atoms with Gasteiger partial charge in [-0.2, -0.15) is 0 Å². The smallest absolute Gasteiger partial charge is 0.0381 e. The van der Waals surface area contributed by atoms with E-state index in [9.17, 15) is 0 Å². The fraction of sp³-hybridized carbons (Fsp3) is 1.00. The molecular formula is C23H49P. The second-order valence-corrected chi connectivity index (χ2v) is 8.44. The van der Waals surface area contributed by atoms with E-state index < -0.39 is 0 Å². The van der Waals surface area contributed by atoms with Crippen molar-refractivity contribution in [3.63, 3.8) is 0 Å². The first-order valence-electron chi connectivity index (χ1n) is 11.6. The van der Waals surface area contributed by atoms with Crippen LogP contribution in [0.1, 0.15) is 142 Å². The second kappa shape index (κ2) is 23.4. The van der Waals surface area contributed by atoms with Crippen molar-refractivity contribution in [3.8, 4) is 0 Å². The van der Waals surface area contributed by atoms with Gasteiger partial charge in [0.25, 0.3) is 0 Å². The Morgan fingerprint density at radius 2 is 0.542 bits per heavy atom. The molecular weight excluding hydrogens is 307 g/mol. The lowest BCUT2D eigenvalue weighted by Crippen LogP contribution is -1.84. The standard InChI is InChI=1S/C23H49P/c1-2-3-4-5-6-7-8-9-10-11-12-13-14-15-16-17-18-19-20-21-22-23-24/h2-24H2,1H3. The molecule has 0 radical (unpaired) electrons. The molecule has 0 aromatic carbocycles. The molecule has 0 aromatic heterocycles. The Balaban J connectivity index is 2.93. The van der Waals surface area contributed by atoms with Crippen LogP contribution in [0.15, 0.2) is 0 Å². The first-order valence-corrected chi connectivity index (χ1v) is 12.4. The zero-order valence-electron chi connectivity index (χ0n) is 17.1. The van der Waals surface area contributed by atoms with Crippen molar-refractivity contribution >= 4 is 9.24 Å². The molecule has 0 fully saturated rings. The third-order valence-electron chi connectivity index (χ3n) is 5.31. The van der Waals surface area contributed by atoms with Gasteiger partial charge < -0.3 is 0 Å². The third kappa shape index (κ3) is 22.4. The van der Waals surface area contributed by atoms with Gasteiger partial charge in [-0.15, -0.1) is 9.24 Å². The molecule has 0 aromatic rings. The lowest BCUT2D eigenvalue weighted by atomic mass is 10.0. The molecule has 1 atom stereocenters. The van der Waals surface area contributed by atoms with Gasteiger partial charge >= 0.3 is 0 Å². The van der Waals surface area contributed by atoms with Gasteiger partial charge in [0.1, 0.15) is 0 Å². The molecule has 0 saturated carbocycles. The molecule has 0 rings (SSSR count). The highest BCUT2D eigenvalue weighted by atomic mass is 31.0. The summed E-state index contributed by atoms with van der Waals surface area (Å²) in [4.78, 5) is 0. The number of unbranched alkanes of at least 4 members (excludes halogenated alkanes) is 20. The van der Waals surface area contributed by atoms with Crippen molar-refractivity contribution in [1.29, 1.82) is 0 Å². The molecule has 0 nitrogen and oxygen atoms in total. The van der Waals surface area contributed by atoms with Crippen molar-refractivity contribution < 1.29 is 0 Å². The summed E-state index contributed by atoms with van der Waals surface area (Å²) < 4.78 is 0. The van der Waals surface area contributed by atoms with Crippen LogP contribution in [0.2, 0.25) is 0 Å². The van der Waals surface area contributed by atoms with Crippen LogP contribution in [0, 0.1) is 0 Å². The van der Waals surface area contributed by atoms with Crippen LogP contribution >= 0.6 is 9.24 Å². The van der Waals surface area contributed by atoms with Crippen LogP contribution in [0.3, 0.4) is 0 Å². The molecule has 0 amide bonds. The molecule has 0 aliphatic rings. The van der Waals surface area contributed by atoms with Gasteiger partial charge in [0.2, 0.25) is 0 Å². The van der Waals surface area contributed by atoms with E-state index in [1.165, 1.54) is 141 Å². The van der Waals surface area contributed by atoms with E-state index in [4.69, 9.17) is 0 Å². The van der Waals surface area contributed by atoms with Gasteiger partial charge in [0.05, 0.1) is 0 Å². The van der Waals surface area contributed by atoms with E-state index in [-0.39, 0.29) is 0 Å². The average molecular weight is 357 g/mol. The number of hydrogen-bond donors (Lipinski definition) is 0. The van der Waals surface area contributed by atoms with Crippen LogP contribution in [-0.4, -0.2) is 6.16 Å². The fourth-order valence-electron chi connectivity index (χ4n) is 3.58. The van der Waals surface area contributed by atoms with Crippen LogP contribution in [0.4, 0.5) is 0 Å². The highest BCUT2D eigenvalue weighted by Gasteiger charge is 1.95. The molecule has 1 heteroatoms. The lowest BCUT2D eigenvalue weighted by molar-refractivity contribution is 0.521. The Kier molecular flexibility index (Phi) is 23.8. The van der Waals surface area contributed by atoms with Crippen molar-refractivity contribution in [2.24, 2.45) is 0 Å². The van der Waals surface area contributed by atoms with Crippen molar-refractivity contribution in [1.82, 2.24) is 0 Å². The van der Waals surface area contributed by atoms with Crippen LogP contribution < -0.4 is 0 Å². The summed E-state index contributed by atoms with van der Waals surface area (Å²) in [5, 5.41) is 0. The zero-order chi connectivity index (χ0) is 17.6. The van der Waals surface area contributed by atoms with Gasteiger partial charge in [-0.25, -0.2) is 0 Å². The fourth-order valence-corrected chi connectivity index (χ4v) is 3.86. The summed E-state index contributed by atoms with van der Waals surface area (Å²) in [5.74, 6) is 0. The molecule has 0 heterocycles. The molecule has 146 valence electrons. The van der Waals surface area contributed by atoms with Gasteiger partial charge in [0, 0.05) is 0 Å². The molecule has 1 unspecified atom stereocenters. The summed E-state index contributed by atoms with van der Waals surface area (Å²) in [5.41, 5.74) is 0. The minimum atomic E-state index is 1.29. The van der Waals surface area contributed by atoms with Gasteiger partial charge in [-0.3, -0.25) is 0 Å². The Morgan fingerprint density at radius 3 is 0.750 bits per heavy atom. The van der Waals surface area contributed by atoms with Crippen LogP contribution in [0.5, 0.6) is 0 Å². The van der Waals surface area contributed by atoms with Crippen molar-refractivity contribution in [2.45, 2.75) is 142 Å². The Bertz CT molecular complexity index is 180. The summed E-state index contributed by atoms with van der Waals surface area (Å²) in [6.07, 6.45) is 32.2. The highest BCUT2D eigenvalue weighted by Crippen LogP contribution is 2.15. The van der Waals surface area contributed by atoms with Gasteiger partial charge in [-0.05, 0) is 12.6 Å². The van der Waals surface area contributed by atoms with E-state index in [0.717, 1.165) is 0 Å². The predicted octanol–water partition coefficient (Wildman–Crippen LogP) is 9.07. The maximum absolute atomic E-state index is 2.84. The van der Waals surface area contributed by atoms with Crippen molar-refractivity contribution in [2.75, 3.05) is 6.16 Å². The third-order valence-corrected chi connectivity index (χ3v) is 5.72. The molecule has 0 N–H and O–H groups in total. The molecule has 0 aliphatic carbocycles. The SMILES string of the molecule is CCCCCCCCCCCCCCCCCCCCCCCP. The number of rotatable bonds is 21. The van der Waals surface area contributed by atoms with Gasteiger partial charge in [-0.1, -0.05) is 135 Å². The first-order chi connectivity index (χ1) is 11.9. The van der Waals surface area contributed by atoms with Crippen LogP contribution in [0.25, 0.3) is 0 Å². The summed E-state index contributed by atoms with van der Waals surface area (Å²) >= 11 is 0. The molecule has 0 saturated heterocycles. The van der Waals surface area contributed by atoms with E-state index in [0.29, 0.717) is 0 Å².